The van der Waals surface area contributed by atoms with Gasteiger partial charge in [-0.05, 0) is 18.4 Å². The molecule has 5 heteroatoms. The van der Waals surface area contributed by atoms with E-state index >= 15 is 0 Å². The minimum absolute atomic E-state index is 0.00954. The molecule has 1 atom stereocenters. The van der Waals surface area contributed by atoms with Gasteiger partial charge in [0.15, 0.2) is 6.10 Å². The number of hydrogen-bond donors (Lipinski definition) is 3. The van der Waals surface area contributed by atoms with Crippen LogP contribution in [0.25, 0.3) is 0 Å². The smallest absolute Gasteiger partial charge is 0.337 e. The van der Waals surface area contributed by atoms with Crippen molar-refractivity contribution in [3.63, 3.8) is 0 Å². The maximum absolute atomic E-state index is 10.4. The van der Waals surface area contributed by atoms with E-state index < -0.39 is 12.1 Å². The number of hydrogen-bond acceptors (Lipinski definition) is 4. The fraction of sp³-hybridized carbons (Fsp3) is 0.222. The van der Waals surface area contributed by atoms with Gasteiger partial charge in [-0.1, -0.05) is 6.07 Å². The highest BCUT2D eigenvalue weighted by molar-refractivity contribution is 7.98. The Labute approximate surface area is 85.2 Å². The van der Waals surface area contributed by atoms with E-state index in [1.54, 1.807) is 6.07 Å². The van der Waals surface area contributed by atoms with Crippen LogP contribution < -0.4 is 0 Å². The summed E-state index contributed by atoms with van der Waals surface area (Å²) in [5.41, 5.74) is 0.00954. The molecular formula is C9H10O4S. The molecule has 0 radical (unpaired) electrons. The molecule has 76 valence electrons. The minimum Gasteiger partial charge on any atom is -0.508 e. The van der Waals surface area contributed by atoms with Crippen molar-refractivity contribution >= 4 is 17.7 Å². The lowest BCUT2D eigenvalue weighted by atomic mass is 10.1. The van der Waals surface area contributed by atoms with Crippen LogP contribution >= 0.6 is 11.8 Å². The summed E-state index contributed by atoms with van der Waals surface area (Å²) in [4.78, 5) is 11.2. The van der Waals surface area contributed by atoms with Gasteiger partial charge in [0.1, 0.15) is 5.75 Å². The lowest BCUT2D eigenvalue weighted by Crippen LogP contribution is -2.10. The number of phenols is 1. The number of aliphatic hydroxyl groups is 1. The summed E-state index contributed by atoms with van der Waals surface area (Å²) in [7, 11) is 0. The van der Waals surface area contributed by atoms with Crippen molar-refractivity contribution in [2.45, 2.75) is 11.0 Å². The van der Waals surface area contributed by atoms with Crippen LogP contribution in [-0.2, 0) is 4.79 Å². The minimum atomic E-state index is -1.68. The fourth-order valence-electron chi connectivity index (χ4n) is 1.01. The predicted molar refractivity (Wildman–Crippen MR) is 52.5 cm³/mol. The third-order valence-corrected chi connectivity index (χ3v) is 2.49. The molecule has 0 aromatic heterocycles. The highest BCUT2D eigenvalue weighted by atomic mass is 32.2. The number of carbonyl (C=O) groups is 1. The monoisotopic (exact) mass is 214 g/mol. The Bertz CT molecular complexity index is 351. The summed E-state index contributed by atoms with van der Waals surface area (Å²) in [6, 6.07) is 4.47. The topological polar surface area (TPSA) is 77.8 Å². The maximum atomic E-state index is 10.4. The van der Waals surface area contributed by atoms with Crippen LogP contribution in [0.15, 0.2) is 23.1 Å². The molecule has 1 aromatic rings. The van der Waals surface area contributed by atoms with Crippen LogP contribution in [0.2, 0.25) is 0 Å². The summed E-state index contributed by atoms with van der Waals surface area (Å²) in [5, 5.41) is 27.1. The fourth-order valence-corrected chi connectivity index (χ4v) is 1.45. The molecule has 0 aliphatic rings. The number of benzene rings is 1. The van der Waals surface area contributed by atoms with Crippen molar-refractivity contribution in [2.75, 3.05) is 6.26 Å². The first-order valence-electron chi connectivity index (χ1n) is 3.84. The summed E-state index contributed by atoms with van der Waals surface area (Å²) >= 11 is 1.42. The third-order valence-electron chi connectivity index (χ3n) is 1.77. The Morgan fingerprint density at radius 2 is 2.14 bits per heavy atom. The number of thioether (sulfide) groups is 1. The second-order valence-electron chi connectivity index (χ2n) is 2.67. The Morgan fingerprint density at radius 3 is 2.57 bits per heavy atom. The number of phenolic OH excluding ortho intramolecular Hbond substituents is 1. The molecule has 1 aromatic carbocycles. The van der Waals surface area contributed by atoms with Gasteiger partial charge >= 0.3 is 5.97 Å². The molecule has 0 bridgehead atoms. The normalized spacial score (nSPS) is 12.4. The van der Waals surface area contributed by atoms with E-state index in [9.17, 15) is 15.0 Å². The predicted octanol–water partition coefficient (Wildman–Crippen LogP) is 1.23. The quantitative estimate of drug-likeness (QED) is 0.660. The number of aliphatic carboxylic acids is 1. The van der Waals surface area contributed by atoms with Gasteiger partial charge in [0.25, 0.3) is 0 Å². The second kappa shape index (κ2) is 4.34. The number of aromatic hydroxyl groups is 1. The van der Waals surface area contributed by atoms with Crippen molar-refractivity contribution in [3.8, 4) is 5.75 Å². The molecule has 0 amide bonds. The largest absolute Gasteiger partial charge is 0.508 e. The molecule has 0 heterocycles. The van der Waals surface area contributed by atoms with Crippen LogP contribution in [0.4, 0.5) is 0 Å². The average Bonchev–Trinajstić information content (AvgIpc) is 2.16. The highest BCUT2D eigenvalue weighted by Crippen LogP contribution is 2.28. The summed E-state index contributed by atoms with van der Waals surface area (Å²) in [6.07, 6.45) is 0.160. The third kappa shape index (κ3) is 2.18. The van der Waals surface area contributed by atoms with Gasteiger partial charge in [0.05, 0.1) is 0 Å². The number of carboxylic acid groups (broad SMARTS) is 1. The van der Waals surface area contributed by atoms with Gasteiger partial charge in [-0.3, -0.25) is 0 Å². The summed E-state index contributed by atoms with van der Waals surface area (Å²) in [5.74, 6) is -1.58. The Balaban J connectivity index is 3.05. The maximum Gasteiger partial charge on any atom is 0.337 e. The first-order valence-corrected chi connectivity index (χ1v) is 5.06. The molecule has 4 nitrogen and oxygen atoms in total. The SMILES string of the molecule is CSc1ccc(C(O)C(=O)O)c(O)c1. The zero-order valence-electron chi connectivity index (χ0n) is 7.47. The van der Waals surface area contributed by atoms with Crippen molar-refractivity contribution in [1.29, 1.82) is 0 Å². The van der Waals surface area contributed by atoms with E-state index in [1.807, 2.05) is 6.26 Å². The molecule has 1 rings (SSSR count). The van der Waals surface area contributed by atoms with Gasteiger partial charge in [-0.15, -0.1) is 11.8 Å². The number of carboxylic acids is 1. The molecule has 0 fully saturated rings. The van der Waals surface area contributed by atoms with Crippen molar-refractivity contribution in [2.24, 2.45) is 0 Å². The van der Waals surface area contributed by atoms with Gasteiger partial charge in [-0.25, -0.2) is 4.79 Å². The van der Waals surface area contributed by atoms with Crippen LogP contribution in [0, 0.1) is 0 Å². The first kappa shape index (κ1) is 10.9. The van der Waals surface area contributed by atoms with Crippen LogP contribution in [0.5, 0.6) is 5.75 Å². The molecule has 0 saturated carbocycles. The van der Waals surface area contributed by atoms with Crippen LogP contribution in [0.3, 0.4) is 0 Å². The van der Waals surface area contributed by atoms with Crippen LogP contribution in [-0.4, -0.2) is 27.5 Å². The lowest BCUT2D eigenvalue weighted by Gasteiger charge is -2.08. The summed E-state index contributed by atoms with van der Waals surface area (Å²) in [6.45, 7) is 0. The molecule has 3 N–H and O–H groups in total. The molecule has 0 aliphatic carbocycles. The Kier molecular flexibility index (Phi) is 3.38. The van der Waals surface area contributed by atoms with E-state index in [-0.39, 0.29) is 11.3 Å². The lowest BCUT2D eigenvalue weighted by molar-refractivity contribution is -0.147. The van der Waals surface area contributed by atoms with E-state index in [4.69, 9.17) is 5.11 Å². The zero-order chi connectivity index (χ0) is 10.7. The van der Waals surface area contributed by atoms with E-state index in [0.29, 0.717) is 0 Å². The van der Waals surface area contributed by atoms with Crippen molar-refractivity contribution in [1.82, 2.24) is 0 Å². The molecule has 14 heavy (non-hydrogen) atoms. The summed E-state index contributed by atoms with van der Waals surface area (Å²) < 4.78 is 0. The van der Waals surface area contributed by atoms with Gasteiger partial charge < -0.3 is 15.3 Å². The van der Waals surface area contributed by atoms with E-state index in [2.05, 4.69) is 0 Å². The van der Waals surface area contributed by atoms with E-state index in [1.165, 1.54) is 23.9 Å². The standard InChI is InChI=1S/C9H10O4S/c1-14-5-2-3-6(7(10)4-5)8(11)9(12)13/h2-4,8,10-11H,1H3,(H,12,13). The highest BCUT2D eigenvalue weighted by Gasteiger charge is 2.19. The molecule has 0 spiro atoms. The van der Waals surface area contributed by atoms with E-state index in [0.717, 1.165) is 4.90 Å². The molecule has 0 aliphatic heterocycles. The zero-order valence-corrected chi connectivity index (χ0v) is 8.28. The van der Waals surface area contributed by atoms with Gasteiger partial charge in [-0.2, -0.15) is 0 Å². The first-order chi connectivity index (χ1) is 6.56. The Hall–Kier alpha value is -1.20. The second-order valence-corrected chi connectivity index (χ2v) is 3.55. The number of rotatable bonds is 3. The number of aliphatic hydroxyl groups excluding tert-OH is 1. The molecule has 0 saturated heterocycles. The van der Waals surface area contributed by atoms with Gasteiger partial charge in [0.2, 0.25) is 0 Å². The Morgan fingerprint density at radius 1 is 1.50 bits per heavy atom. The van der Waals surface area contributed by atoms with Crippen molar-refractivity contribution in [3.05, 3.63) is 23.8 Å². The van der Waals surface area contributed by atoms with Crippen LogP contribution in [0.1, 0.15) is 11.7 Å². The molecule has 1 unspecified atom stereocenters. The van der Waals surface area contributed by atoms with Crippen molar-refractivity contribution < 1.29 is 20.1 Å². The average molecular weight is 214 g/mol. The molecular weight excluding hydrogens is 204 g/mol. The van der Waals surface area contributed by atoms with Gasteiger partial charge in [0, 0.05) is 10.5 Å².